The Morgan fingerprint density at radius 3 is 3.21 bits per heavy atom. The number of likely N-dealkylation sites (tertiary alicyclic amines) is 1. The van der Waals surface area contributed by atoms with Crippen LogP contribution < -0.4 is 5.73 Å². The number of nitrogens with one attached hydrogen (secondary N) is 1. The molecular weight excluding hydrogens is 180 g/mol. The minimum atomic E-state index is -0.00218. The number of hydrogen-bond acceptors (Lipinski definition) is 3. The summed E-state index contributed by atoms with van der Waals surface area (Å²) >= 11 is 0. The van der Waals surface area contributed by atoms with Gasteiger partial charge in [-0.2, -0.15) is 0 Å². The number of amides is 1. The van der Waals surface area contributed by atoms with E-state index in [2.05, 4.69) is 9.97 Å². The van der Waals surface area contributed by atoms with Crippen LogP contribution in [0.4, 0.5) is 0 Å². The summed E-state index contributed by atoms with van der Waals surface area (Å²) in [6.07, 6.45) is 5.05. The summed E-state index contributed by atoms with van der Waals surface area (Å²) in [4.78, 5) is 20.2. The van der Waals surface area contributed by atoms with Crippen molar-refractivity contribution < 1.29 is 4.79 Å². The first kappa shape index (κ1) is 9.21. The molecular formula is C9H14N4O. The Morgan fingerprint density at radius 1 is 1.71 bits per heavy atom. The molecule has 1 aliphatic rings. The Labute approximate surface area is 82.3 Å². The number of carbonyl (C=O) groups is 1. The maximum Gasteiger partial charge on any atom is 0.271 e. The first-order valence-electron chi connectivity index (χ1n) is 4.80. The lowest BCUT2D eigenvalue weighted by Crippen LogP contribution is -2.45. The molecule has 2 heterocycles. The Balaban J connectivity index is 2.04. The maximum atomic E-state index is 11.8. The fourth-order valence-electron chi connectivity index (χ4n) is 1.74. The molecule has 5 heteroatoms. The number of H-pyrrole nitrogens is 1. The quantitative estimate of drug-likeness (QED) is 0.659. The van der Waals surface area contributed by atoms with Crippen molar-refractivity contribution >= 4 is 5.91 Å². The third kappa shape index (κ3) is 1.77. The molecule has 1 saturated heterocycles. The van der Waals surface area contributed by atoms with Gasteiger partial charge in [0.05, 0.1) is 12.5 Å². The van der Waals surface area contributed by atoms with Crippen LogP contribution in [-0.2, 0) is 0 Å². The number of rotatable bonds is 1. The van der Waals surface area contributed by atoms with E-state index in [4.69, 9.17) is 5.73 Å². The SMILES string of the molecule is N[C@@H]1CCCN(C(=O)c2cnc[nH]2)C1. The second kappa shape index (κ2) is 3.79. The van der Waals surface area contributed by atoms with Gasteiger partial charge in [-0.05, 0) is 12.8 Å². The van der Waals surface area contributed by atoms with Crippen LogP contribution >= 0.6 is 0 Å². The van der Waals surface area contributed by atoms with Gasteiger partial charge in [-0.1, -0.05) is 0 Å². The van der Waals surface area contributed by atoms with Crippen molar-refractivity contribution in [3.05, 3.63) is 18.2 Å². The summed E-state index contributed by atoms with van der Waals surface area (Å²) in [5, 5.41) is 0. The number of nitrogens with two attached hydrogens (primary N) is 1. The molecule has 1 atom stereocenters. The number of imidazole rings is 1. The highest BCUT2D eigenvalue weighted by atomic mass is 16.2. The molecule has 0 bridgehead atoms. The van der Waals surface area contributed by atoms with Crippen LogP contribution in [0, 0.1) is 0 Å². The van der Waals surface area contributed by atoms with E-state index < -0.39 is 0 Å². The van der Waals surface area contributed by atoms with Crippen LogP contribution in [-0.4, -0.2) is 39.9 Å². The lowest BCUT2D eigenvalue weighted by Gasteiger charge is -2.30. The van der Waals surface area contributed by atoms with Crippen LogP contribution in [0.3, 0.4) is 0 Å². The number of aromatic nitrogens is 2. The lowest BCUT2D eigenvalue weighted by molar-refractivity contribution is 0.0703. The number of aromatic amines is 1. The monoisotopic (exact) mass is 194 g/mol. The van der Waals surface area contributed by atoms with E-state index in [9.17, 15) is 4.79 Å². The fraction of sp³-hybridized carbons (Fsp3) is 0.556. The Bertz CT molecular complexity index is 309. The normalized spacial score (nSPS) is 22.4. The fourth-order valence-corrected chi connectivity index (χ4v) is 1.74. The van der Waals surface area contributed by atoms with Gasteiger partial charge < -0.3 is 15.6 Å². The molecule has 0 aliphatic carbocycles. The molecule has 0 spiro atoms. The van der Waals surface area contributed by atoms with Gasteiger partial charge >= 0.3 is 0 Å². The number of carbonyl (C=O) groups excluding carboxylic acids is 1. The zero-order valence-corrected chi connectivity index (χ0v) is 7.94. The minimum absolute atomic E-state index is 0.00218. The van der Waals surface area contributed by atoms with Crippen LogP contribution in [0.1, 0.15) is 23.3 Å². The van der Waals surface area contributed by atoms with Crippen LogP contribution in [0.5, 0.6) is 0 Å². The molecule has 76 valence electrons. The van der Waals surface area contributed by atoms with Crippen molar-refractivity contribution in [2.75, 3.05) is 13.1 Å². The predicted octanol–water partition coefficient (Wildman–Crippen LogP) is -0.0270. The molecule has 0 unspecified atom stereocenters. The molecule has 2 rings (SSSR count). The van der Waals surface area contributed by atoms with Crippen molar-refractivity contribution in [2.45, 2.75) is 18.9 Å². The first-order valence-corrected chi connectivity index (χ1v) is 4.80. The summed E-state index contributed by atoms with van der Waals surface area (Å²) in [5.41, 5.74) is 6.34. The van der Waals surface area contributed by atoms with Gasteiger partial charge in [-0.25, -0.2) is 4.98 Å². The van der Waals surface area contributed by atoms with Gasteiger partial charge in [-0.3, -0.25) is 4.79 Å². The number of hydrogen-bond donors (Lipinski definition) is 2. The summed E-state index contributed by atoms with van der Waals surface area (Å²) in [5.74, 6) is -0.00218. The molecule has 0 saturated carbocycles. The molecule has 5 nitrogen and oxygen atoms in total. The van der Waals surface area contributed by atoms with Gasteiger partial charge in [0.25, 0.3) is 5.91 Å². The maximum absolute atomic E-state index is 11.8. The second-order valence-corrected chi connectivity index (χ2v) is 3.62. The van der Waals surface area contributed by atoms with E-state index in [1.807, 2.05) is 0 Å². The van der Waals surface area contributed by atoms with E-state index in [0.717, 1.165) is 19.4 Å². The van der Waals surface area contributed by atoms with Gasteiger partial charge in [0.2, 0.25) is 0 Å². The molecule has 1 aromatic rings. The van der Waals surface area contributed by atoms with Gasteiger partial charge in [0, 0.05) is 19.1 Å². The Morgan fingerprint density at radius 2 is 2.57 bits per heavy atom. The molecule has 1 aliphatic heterocycles. The van der Waals surface area contributed by atoms with Crippen molar-refractivity contribution in [3.8, 4) is 0 Å². The average Bonchev–Trinajstić information content (AvgIpc) is 2.69. The van der Waals surface area contributed by atoms with E-state index in [1.165, 1.54) is 6.33 Å². The van der Waals surface area contributed by atoms with Crippen molar-refractivity contribution in [1.82, 2.24) is 14.9 Å². The lowest BCUT2D eigenvalue weighted by atomic mass is 10.1. The highest BCUT2D eigenvalue weighted by molar-refractivity contribution is 5.92. The largest absolute Gasteiger partial charge is 0.341 e. The van der Waals surface area contributed by atoms with E-state index in [0.29, 0.717) is 12.2 Å². The van der Waals surface area contributed by atoms with E-state index in [1.54, 1.807) is 11.1 Å². The van der Waals surface area contributed by atoms with E-state index in [-0.39, 0.29) is 11.9 Å². The summed E-state index contributed by atoms with van der Waals surface area (Å²) < 4.78 is 0. The minimum Gasteiger partial charge on any atom is -0.341 e. The Hall–Kier alpha value is -1.36. The first-order chi connectivity index (χ1) is 6.77. The zero-order chi connectivity index (χ0) is 9.97. The third-order valence-corrected chi connectivity index (χ3v) is 2.47. The molecule has 0 aromatic carbocycles. The topological polar surface area (TPSA) is 75.0 Å². The van der Waals surface area contributed by atoms with Gasteiger partial charge in [-0.15, -0.1) is 0 Å². The van der Waals surface area contributed by atoms with Crippen molar-refractivity contribution in [1.29, 1.82) is 0 Å². The van der Waals surface area contributed by atoms with Crippen LogP contribution in [0.2, 0.25) is 0 Å². The van der Waals surface area contributed by atoms with Gasteiger partial charge in [0.15, 0.2) is 0 Å². The zero-order valence-electron chi connectivity index (χ0n) is 7.94. The number of nitrogens with zero attached hydrogens (tertiary/aromatic N) is 2. The van der Waals surface area contributed by atoms with Gasteiger partial charge in [0.1, 0.15) is 5.69 Å². The standard InChI is InChI=1S/C9H14N4O/c10-7-2-1-3-13(5-7)9(14)8-4-11-6-12-8/h4,6-7H,1-3,5,10H2,(H,11,12)/t7-/m1/s1. The average molecular weight is 194 g/mol. The van der Waals surface area contributed by atoms with Crippen molar-refractivity contribution in [2.24, 2.45) is 5.73 Å². The highest BCUT2D eigenvalue weighted by Crippen LogP contribution is 2.10. The molecule has 0 radical (unpaired) electrons. The summed E-state index contributed by atoms with van der Waals surface area (Å²) in [7, 11) is 0. The molecule has 1 fully saturated rings. The predicted molar refractivity (Wildman–Crippen MR) is 51.7 cm³/mol. The van der Waals surface area contributed by atoms with E-state index >= 15 is 0 Å². The second-order valence-electron chi connectivity index (χ2n) is 3.62. The van der Waals surface area contributed by atoms with Crippen LogP contribution in [0.15, 0.2) is 12.5 Å². The third-order valence-electron chi connectivity index (χ3n) is 2.47. The molecule has 1 aromatic heterocycles. The van der Waals surface area contributed by atoms with Crippen LogP contribution in [0.25, 0.3) is 0 Å². The van der Waals surface area contributed by atoms with Crippen molar-refractivity contribution in [3.63, 3.8) is 0 Å². The summed E-state index contributed by atoms with van der Waals surface area (Å²) in [6, 6.07) is 0.121. The highest BCUT2D eigenvalue weighted by Gasteiger charge is 2.22. The molecule has 3 N–H and O–H groups in total. The summed E-state index contributed by atoms with van der Waals surface area (Å²) in [6.45, 7) is 1.45. The Kier molecular flexibility index (Phi) is 2.49. The number of piperidine rings is 1. The smallest absolute Gasteiger partial charge is 0.271 e. The molecule has 1 amide bonds. The molecule has 14 heavy (non-hydrogen) atoms.